The molecular formula is C30H25ClN4O4S. The lowest BCUT2D eigenvalue weighted by molar-refractivity contribution is -0.132. The van der Waals surface area contributed by atoms with Crippen LogP contribution in [0.4, 0.5) is 5.13 Å². The van der Waals surface area contributed by atoms with Crippen molar-refractivity contribution in [2.75, 3.05) is 11.5 Å². The number of imidazole rings is 1. The van der Waals surface area contributed by atoms with Crippen LogP contribution in [0.3, 0.4) is 0 Å². The fourth-order valence-corrected chi connectivity index (χ4v) is 6.24. The number of benzene rings is 2. The van der Waals surface area contributed by atoms with Crippen molar-refractivity contribution >= 4 is 61.4 Å². The zero-order chi connectivity index (χ0) is 28.0. The number of aliphatic hydroxyl groups excluding tert-OH is 1. The largest absolute Gasteiger partial charge is 0.505 e. The number of aromatic nitrogens is 3. The van der Waals surface area contributed by atoms with Gasteiger partial charge in [-0.2, -0.15) is 0 Å². The number of ketones is 1. The number of fused-ring (bicyclic) bond motifs is 2. The first-order chi connectivity index (χ1) is 19.4. The molecule has 1 N–H and O–H groups in total. The molecule has 1 aliphatic heterocycles. The van der Waals surface area contributed by atoms with Crippen LogP contribution in [-0.4, -0.2) is 37.8 Å². The van der Waals surface area contributed by atoms with E-state index in [1.165, 1.54) is 16.2 Å². The molecule has 0 bridgehead atoms. The monoisotopic (exact) mass is 572 g/mol. The van der Waals surface area contributed by atoms with Gasteiger partial charge in [-0.25, -0.2) is 9.97 Å². The van der Waals surface area contributed by atoms with Gasteiger partial charge in [-0.15, -0.1) is 0 Å². The molecule has 0 spiro atoms. The SMILES string of the molecule is CCCCOc1cccc(C2/C(=C(\O)c3c(C)nc4ccccn34)C(=O)C(=O)N2c2nc3ccc(Cl)cc3s2)c1. The Morgan fingerprint density at radius 1 is 1.10 bits per heavy atom. The van der Waals surface area contributed by atoms with Gasteiger partial charge in [-0.3, -0.25) is 18.9 Å². The summed E-state index contributed by atoms with van der Waals surface area (Å²) < 4.78 is 8.42. The summed E-state index contributed by atoms with van der Waals surface area (Å²) in [7, 11) is 0. The number of anilines is 1. The number of carbonyl (C=O) groups excluding carboxylic acids is 2. The Bertz CT molecular complexity index is 1830. The van der Waals surface area contributed by atoms with E-state index in [9.17, 15) is 14.7 Å². The number of carbonyl (C=O) groups is 2. The average Bonchev–Trinajstić information content (AvgIpc) is 3.59. The fourth-order valence-electron chi connectivity index (χ4n) is 4.97. The van der Waals surface area contributed by atoms with Gasteiger partial charge in [-0.1, -0.05) is 54.5 Å². The van der Waals surface area contributed by atoms with E-state index >= 15 is 0 Å². The van der Waals surface area contributed by atoms with Gasteiger partial charge >= 0.3 is 5.91 Å². The molecule has 6 rings (SSSR count). The summed E-state index contributed by atoms with van der Waals surface area (Å²) in [6, 6.07) is 17.0. The highest BCUT2D eigenvalue weighted by atomic mass is 35.5. The molecule has 1 amide bonds. The van der Waals surface area contributed by atoms with Gasteiger partial charge < -0.3 is 9.84 Å². The van der Waals surface area contributed by atoms with Gasteiger partial charge in [0.1, 0.15) is 17.1 Å². The molecule has 10 heteroatoms. The molecule has 5 aromatic rings. The Morgan fingerprint density at radius 2 is 1.95 bits per heavy atom. The van der Waals surface area contributed by atoms with E-state index in [1.807, 2.05) is 36.4 Å². The highest BCUT2D eigenvalue weighted by Crippen LogP contribution is 2.45. The summed E-state index contributed by atoms with van der Waals surface area (Å²) in [4.78, 5) is 37.9. The Balaban J connectivity index is 1.56. The number of nitrogens with zero attached hydrogens (tertiary/aromatic N) is 4. The summed E-state index contributed by atoms with van der Waals surface area (Å²) in [5.74, 6) is -1.27. The van der Waals surface area contributed by atoms with Gasteiger partial charge in [0.25, 0.3) is 5.78 Å². The summed E-state index contributed by atoms with van der Waals surface area (Å²) in [6.45, 7) is 4.38. The molecule has 1 saturated heterocycles. The summed E-state index contributed by atoms with van der Waals surface area (Å²) in [5.41, 5.74) is 2.71. The molecule has 1 atom stereocenters. The van der Waals surface area contributed by atoms with Crippen LogP contribution in [-0.2, 0) is 9.59 Å². The summed E-state index contributed by atoms with van der Waals surface area (Å²) in [6.07, 6.45) is 3.64. The van der Waals surface area contributed by atoms with Crippen LogP contribution >= 0.6 is 22.9 Å². The lowest BCUT2D eigenvalue weighted by Crippen LogP contribution is -2.29. The fraction of sp³-hybridized carbons (Fsp3) is 0.200. The number of thiazole rings is 1. The standard InChI is InChI=1S/C30H25ClN4O4S/c1-3-4-14-39-20-9-7-8-18(15-20)26-24(27(36)25-17(2)32-23-10-5-6-13-34(23)25)28(37)29(38)35(26)30-33-21-12-11-19(31)16-22(21)40-30/h5-13,15-16,26,36H,3-4,14H2,1-2H3/b27-24+. The lowest BCUT2D eigenvalue weighted by atomic mass is 9.96. The number of hydrogen-bond acceptors (Lipinski definition) is 7. The number of aryl methyl sites for hydroxylation is 1. The molecular weight excluding hydrogens is 548 g/mol. The Morgan fingerprint density at radius 3 is 2.77 bits per heavy atom. The summed E-state index contributed by atoms with van der Waals surface area (Å²) >= 11 is 7.45. The molecule has 3 aromatic heterocycles. The minimum Gasteiger partial charge on any atom is -0.505 e. The molecule has 0 radical (unpaired) electrons. The number of aliphatic hydroxyl groups is 1. The second-order valence-corrected chi connectivity index (χ2v) is 11.0. The third-order valence-electron chi connectivity index (χ3n) is 6.86. The number of pyridine rings is 1. The van der Waals surface area contributed by atoms with Crippen molar-refractivity contribution in [3.63, 3.8) is 0 Å². The topological polar surface area (TPSA) is 97.0 Å². The smallest absolute Gasteiger partial charge is 0.301 e. The predicted octanol–water partition coefficient (Wildman–Crippen LogP) is 6.71. The van der Waals surface area contributed by atoms with Crippen LogP contribution in [0.25, 0.3) is 21.6 Å². The molecule has 1 aliphatic rings. The average molecular weight is 573 g/mol. The van der Waals surface area contributed by atoms with Gasteiger partial charge in [-0.05, 0) is 61.4 Å². The summed E-state index contributed by atoms with van der Waals surface area (Å²) in [5, 5.41) is 12.6. The van der Waals surface area contributed by atoms with Gasteiger partial charge in [0, 0.05) is 11.2 Å². The maximum Gasteiger partial charge on any atom is 0.301 e. The molecule has 0 saturated carbocycles. The van der Waals surface area contributed by atoms with Crippen molar-refractivity contribution < 1.29 is 19.4 Å². The number of halogens is 1. The Labute approximate surface area is 239 Å². The van der Waals surface area contributed by atoms with Crippen molar-refractivity contribution in [3.05, 3.63) is 94.4 Å². The minimum atomic E-state index is -0.945. The van der Waals surface area contributed by atoms with E-state index in [0.29, 0.717) is 50.6 Å². The first kappa shape index (κ1) is 26.0. The van der Waals surface area contributed by atoms with Crippen LogP contribution in [0.5, 0.6) is 5.75 Å². The van der Waals surface area contributed by atoms with Crippen LogP contribution < -0.4 is 9.64 Å². The van der Waals surface area contributed by atoms with Crippen LogP contribution in [0.2, 0.25) is 5.02 Å². The maximum atomic E-state index is 13.7. The molecule has 1 fully saturated rings. The van der Waals surface area contributed by atoms with E-state index < -0.39 is 17.7 Å². The number of unbranched alkanes of at least 4 members (excludes halogenated alkanes) is 1. The van der Waals surface area contributed by atoms with Crippen LogP contribution in [0.15, 0.2) is 72.4 Å². The van der Waals surface area contributed by atoms with Crippen molar-refractivity contribution in [2.24, 2.45) is 0 Å². The first-order valence-electron chi connectivity index (χ1n) is 12.9. The van der Waals surface area contributed by atoms with Crippen molar-refractivity contribution in [1.29, 1.82) is 0 Å². The number of ether oxygens (including phenoxy) is 1. The molecule has 1 unspecified atom stereocenters. The van der Waals surface area contributed by atoms with Gasteiger partial charge in [0.15, 0.2) is 10.9 Å². The quantitative estimate of drug-likeness (QED) is 0.101. The highest BCUT2D eigenvalue weighted by Gasteiger charge is 2.48. The van der Waals surface area contributed by atoms with E-state index in [-0.39, 0.29) is 11.3 Å². The van der Waals surface area contributed by atoms with E-state index in [2.05, 4.69) is 16.9 Å². The second-order valence-electron chi connectivity index (χ2n) is 9.53. The zero-order valence-electron chi connectivity index (χ0n) is 21.8. The number of hydrogen-bond donors (Lipinski definition) is 1. The predicted molar refractivity (Wildman–Crippen MR) is 156 cm³/mol. The number of amides is 1. The molecule has 40 heavy (non-hydrogen) atoms. The number of rotatable bonds is 7. The zero-order valence-corrected chi connectivity index (χ0v) is 23.4. The van der Waals surface area contributed by atoms with E-state index in [0.717, 1.165) is 17.5 Å². The van der Waals surface area contributed by atoms with Crippen molar-refractivity contribution in [1.82, 2.24) is 14.4 Å². The molecule has 2 aromatic carbocycles. The Hall–Kier alpha value is -4.21. The maximum absolute atomic E-state index is 13.7. The molecule has 8 nitrogen and oxygen atoms in total. The third kappa shape index (κ3) is 4.41. The van der Waals surface area contributed by atoms with Crippen molar-refractivity contribution in [3.8, 4) is 5.75 Å². The van der Waals surface area contributed by atoms with E-state index in [4.69, 9.17) is 16.3 Å². The normalized spacial score (nSPS) is 16.9. The third-order valence-corrected chi connectivity index (χ3v) is 8.11. The lowest BCUT2D eigenvalue weighted by Gasteiger charge is -2.23. The minimum absolute atomic E-state index is 0.0400. The van der Waals surface area contributed by atoms with Crippen molar-refractivity contribution in [2.45, 2.75) is 32.7 Å². The molecule has 4 heterocycles. The van der Waals surface area contributed by atoms with Gasteiger partial charge in [0.2, 0.25) is 0 Å². The van der Waals surface area contributed by atoms with Crippen LogP contribution in [0, 0.1) is 6.92 Å². The van der Waals surface area contributed by atoms with E-state index in [1.54, 1.807) is 41.8 Å². The van der Waals surface area contributed by atoms with Crippen LogP contribution in [0.1, 0.15) is 42.8 Å². The Kier molecular flexibility index (Phi) is 6.77. The van der Waals surface area contributed by atoms with Gasteiger partial charge in [0.05, 0.1) is 34.1 Å². The number of Topliss-reactive ketones (excluding diaryl/α,β-unsaturated/α-hetero) is 1. The molecule has 202 valence electrons. The first-order valence-corrected chi connectivity index (χ1v) is 14.1. The second kappa shape index (κ2) is 10.4. The highest BCUT2D eigenvalue weighted by molar-refractivity contribution is 7.22. The molecule has 0 aliphatic carbocycles.